The molecule has 1 aliphatic carbocycles. The van der Waals surface area contributed by atoms with Crippen LogP contribution in [0.2, 0.25) is 0 Å². The molecule has 1 aromatic rings. The van der Waals surface area contributed by atoms with Gasteiger partial charge in [0.1, 0.15) is 0 Å². The molecular weight excluding hydrogens is 264 g/mol. The van der Waals surface area contributed by atoms with Crippen LogP contribution in [-0.2, 0) is 4.79 Å². The Bertz CT molecular complexity index is 505. The highest BCUT2D eigenvalue weighted by Gasteiger charge is 2.20. The SMILES string of the molecule is Cc1ccccc1C(=O)NCC(=O)NC1CCC(C)CC1. The summed E-state index contributed by atoms with van der Waals surface area (Å²) in [6, 6.07) is 7.64. The van der Waals surface area contributed by atoms with Crippen LogP contribution in [-0.4, -0.2) is 24.4 Å². The van der Waals surface area contributed by atoms with Crippen molar-refractivity contribution in [1.29, 1.82) is 0 Å². The molecule has 1 aliphatic rings. The lowest BCUT2D eigenvalue weighted by Crippen LogP contribution is -2.43. The Morgan fingerprint density at radius 3 is 2.48 bits per heavy atom. The smallest absolute Gasteiger partial charge is 0.251 e. The van der Waals surface area contributed by atoms with Gasteiger partial charge >= 0.3 is 0 Å². The number of carbonyl (C=O) groups excluding carboxylic acids is 2. The molecule has 0 heterocycles. The molecular formula is C17H24N2O2. The Labute approximate surface area is 126 Å². The van der Waals surface area contributed by atoms with Crippen molar-refractivity contribution in [3.05, 3.63) is 35.4 Å². The first-order valence-corrected chi connectivity index (χ1v) is 7.69. The maximum Gasteiger partial charge on any atom is 0.251 e. The Morgan fingerprint density at radius 2 is 1.81 bits per heavy atom. The lowest BCUT2D eigenvalue weighted by Gasteiger charge is -2.26. The van der Waals surface area contributed by atoms with Gasteiger partial charge in [0, 0.05) is 11.6 Å². The quantitative estimate of drug-likeness (QED) is 0.894. The largest absolute Gasteiger partial charge is 0.352 e. The molecule has 0 aromatic heterocycles. The Kier molecular flexibility index (Phi) is 5.37. The predicted octanol–water partition coefficient (Wildman–Crippen LogP) is 2.42. The Hall–Kier alpha value is -1.84. The summed E-state index contributed by atoms with van der Waals surface area (Å²) in [5, 5.41) is 5.69. The van der Waals surface area contributed by atoms with E-state index >= 15 is 0 Å². The van der Waals surface area contributed by atoms with E-state index in [1.165, 1.54) is 12.8 Å². The van der Waals surface area contributed by atoms with Crippen molar-refractivity contribution in [1.82, 2.24) is 10.6 Å². The van der Waals surface area contributed by atoms with E-state index in [9.17, 15) is 9.59 Å². The van der Waals surface area contributed by atoms with Gasteiger partial charge in [-0.2, -0.15) is 0 Å². The molecule has 21 heavy (non-hydrogen) atoms. The minimum absolute atomic E-state index is 0.0409. The maximum atomic E-state index is 12.0. The normalized spacial score (nSPS) is 21.6. The summed E-state index contributed by atoms with van der Waals surface area (Å²) < 4.78 is 0. The van der Waals surface area contributed by atoms with E-state index in [2.05, 4.69) is 17.6 Å². The van der Waals surface area contributed by atoms with Crippen molar-refractivity contribution in [2.24, 2.45) is 5.92 Å². The third kappa shape index (κ3) is 4.59. The van der Waals surface area contributed by atoms with Crippen LogP contribution in [0, 0.1) is 12.8 Å². The minimum atomic E-state index is -0.194. The zero-order valence-corrected chi connectivity index (χ0v) is 12.8. The fraction of sp³-hybridized carbons (Fsp3) is 0.529. The van der Waals surface area contributed by atoms with E-state index in [1.54, 1.807) is 6.07 Å². The van der Waals surface area contributed by atoms with Crippen molar-refractivity contribution in [3.8, 4) is 0 Å². The number of rotatable bonds is 4. The molecule has 114 valence electrons. The summed E-state index contributed by atoms with van der Waals surface area (Å²) >= 11 is 0. The summed E-state index contributed by atoms with van der Waals surface area (Å²) in [4.78, 5) is 23.9. The highest BCUT2D eigenvalue weighted by atomic mass is 16.2. The Morgan fingerprint density at radius 1 is 1.14 bits per heavy atom. The van der Waals surface area contributed by atoms with Crippen LogP contribution in [0.25, 0.3) is 0 Å². The minimum Gasteiger partial charge on any atom is -0.352 e. The van der Waals surface area contributed by atoms with E-state index in [0.29, 0.717) is 5.56 Å². The van der Waals surface area contributed by atoms with Crippen molar-refractivity contribution < 1.29 is 9.59 Å². The van der Waals surface area contributed by atoms with Gasteiger partial charge in [-0.25, -0.2) is 0 Å². The van der Waals surface area contributed by atoms with Crippen LogP contribution in [0.5, 0.6) is 0 Å². The van der Waals surface area contributed by atoms with E-state index < -0.39 is 0 Å². The summed E-state index contributed by atoms with van der Waals surface area (Å²) in [6.07, 6.45) is 4.42. The van der Waals surface area contributed by atoms with Gasteiger partial charge in [0.25, 0.3) is 5.91 Å². The molecule has 1 fully saturated rings. The standard InChI is InChI=1S/C17H24N2O2/c1-12-7-9-14(10-8-12)19-16(20)11-18-17(21)15-6-4-3-5-13(15)2/h3-6,12,14H,7-11H2,1-2H3,(H,18,21)(H,19,20). The molecule has 1 saturated carbocycles. The van der Waals surface area contributed by atoms with E-state index in [-0.39, 0.29) is 24.4 Å². The van der Waals surface area contributed by atoms with Gasteiger partial charge in [0.05, 0.1) is 6.54 Å². The molecule has 0 radical (unpaired) electrons. The third-order valence-electron chi connectivity index (χ3n) is 4.18. The number of aryl methyl sites for hydroxylation is 1. The average molecular weight is 288 g/mol. The lowest BCUT2D eigenvalue weighted by molar-refractivity contribution is -0.121. The molecule has 2 amide bonds. The summed E-state index contributed by atoms with van der Waals surface area (Å²) in [7, 11) is 0. The van der Waals surface area contributed by atoms with Crippen molar-refractivity contribution in [2.75, 3.05) is 6.54 Å². The topological polar surface area (TPSA) is 58.2 Å². The van der Waals surface area contributed by atoms with Crippen molar-refractivity contribution in [2.45, 2.75) is 45.6 Å². The molecule has 0 saturated heterocycles. The lowest BCUT2D eigenvalue weighted by atomic mass is 9.87. The number of hydrogen-bond donors (Lipinski definition) is 2. The van der Waals surface area contributed by atoms with Gasteiger partial charge in [-0.05, 0) is 50.2 Å². The van der Waals surface area contributed by atoms with Crippen molar-refractivity contribution in [3.63, 3.8) is 0 Å². The fourth-order valence-corrected chi connectivity index (χ4v) is 2.77. The number of hydrogen-bond acceptors (Lipinski definition) is 2. The molecule has 1 aromatic carbocycles. The summed E-state index contributed by atoms with van der Waals surface area (Å²) in [5.74, 6) is 0.468. The molecule has 2 rings (SSSR count). The first-order valence-electron chi connectivity index (χ1n) is 7.69. The molecule has 4 nitrogen and oxygen atoms in total. The van der Waals surface area contributed by atoms with Gasteiger partial charge in [0.15, 0.2) is 0 Å². The number of nitrogens with one attached hydrogen (secondary N) is 2. The van der Waals surface area contributed by atoms with Crippen LogP contribution in [0.3, 0.4) is 0 Å². The summed E-state index contributed by atoms with van der Waals surface area (Å²) in [6.45, 7) is 4.18. The number of amides is 2. The second-order valence-corrected chi connectivity index (χ2v) is 6.02. The van der Waals surface area contributed by atoms with Crippen LogP contribution in [0.15, 0.2) is 24.3 Å². The van der Waals surface area contributed by atoms with E-state index in [0.717, 1.165) is 24.3 Å². The van der Waals surface area contributed by atoms with Crippen molar-refractivity contribution >= 4 is 11.8 Å². The zero-order valence-electron chi connectivity index (χ0n) is 12.8. The molecule has 4 heteroatoms. The monoisotopic (exact) mass is 288 g/mol. The first-order chi connectivity index (χ1) is 10.1. The van der Waals surface area contributed by atoms with Crippen LogP contribution < -0.4 is 10.6 Å². The first kappa shape index (κ1) is 15.5. The van der Waals surface area contributed by atoms with Gasteiger partial charge in [-0.15, -0.1) is 0 Å². The van der Waals surface area contributed by atoms with Crippen LogP contribution >= 0.6 is 0 Å². The third-order valence-corrected chi connectivity index (χ3v) is 4.18. The van der Waals surface area contributed by atoms with E-state index in [4.69, 9.17) is 0 Å². The fourth-order valence-electron chi connectivity index (χ4n) is 2.77. The van der Waals surface area contributed by atoms with E-state index in [1.807, 2.05) is 25.1 Å². The summed E-state index contributed by atoms with van der Waals surface area (Å²) in [5.41, 5.74) is 1.54. The van der Waals surface area contributed by atoms with Gasteiger partial charge in [-0.3, -0.25) is 9.59 Å². The highest BCUT2D eigenvalue weighted by molar-refractivity contribution is 5.97. The maximum absolute atomic E-state index is 12.0. The van der Waals surface area contributed by atoms with Gasteiger partial charge in [-0.1, -0.05) is 25.1 Å². The van der Waals surface area contributed by atoms with Gasteiger partial charge in [0.2, 0.25) is 5.91 Å². The zero-order chi connectivity index (χ0) is 15.2. The van der Waals surface area contributed by atoms with Crippen LogP contribution in [0.1, 0.15) is 48.5 Å². The second kappa shape index (κ2) is 7.25. The average Bonchev–Trinajstić information content (AvgIpc) is 2.48. The predicted molar refractivity (Wildman–Crippen MR) is 83.1 cm³/mol. The van der Waals surface area contributed by atoms with Crippen LogP contribution in [0.4, 0.5) is 0 Å². The molecule has 0 atom stereocenters. The highest BCUT2D eigenvalue weighted by Crippen LogP contribution is 2.23. The molecule has 0 spiro atoms. The number of benzene rings is 1. The number of carbonyl (C=O) groups is 2. The Balaban J connectivity index is 1.76. The molecule has 2 N–H and O–H groups in total. The second-order valence-electron chi connectivity index (χ2n) is 6.02. The molecule has 0 bridgehead atoms. The van der Waals surface area contributed by atoms with Gasteiger partial charge < -0.3 is 10.6 Å². The molecule has 0 aliphatic heterocycles. The molecule has 0 unspecified atom stereocenters.